The molecule has 0 aromatic carbocycles. The van der Waals surface area contributed by atoms with Crippen molar-refractivity contribution in [3.63, 3.8) is 0 Å². The first-order valence-corrected chi connectivity index (χ1v) is 6.59. The Hall–Kier alpha value is -1.81. The number of carbonyl (C=O) groups excluding carboxylic acids is 1. The third-order valence-corrected chi connectivity index (χ3v) is 3.18. The molecule has 0 aliphatic heterocycles. The molecule has 0 fully saturated rings. The average molecular weight is 260 g/mol. The fourth-order valence-corrected chi connectivity index (χ4v) is 2.34. The monoisotopic (exact) mass is 260 g/mol. The van der Waals surface area contributed by atoms with E-state index in [0.29, 0.717) is 18.7 Å². The number of hydrogen-bond donors (Lipinski definition) is 1. The minimum atomic E-state index is -0.260. The van der Waals surface area contributed by atoms with Gasteiger partial charge in [-0.05, 0) is 30.0 Å². The van der Waals surface area contributed by atoms with E-state index in [9.17, 15) is 4.79 Å². The van der Waals surface area contributed by atoms with E-state index in [2.05, 4.69) is 13.8 Å². The van der Waals surface area contributed by atoms with E-state index in [-0.39, 0.29) is 11.9 Å². The Morgan fingerprint density at radius 1 is 1.37 bits per heavy atom. The van der Waals surface area contributed by atoms with E-state index in [1.54, 1.807) is 0 Å². The van der Waals surface area contributed by atoms with Crippen molar-refractivity contribution in [2.45, 2.75) is 33.2 Å². The Labute approximate surface area is 113 Å². The van der Waals surface area contributed by atoms with Gasteiger partial charge in [-0.15, -0.1) is 0 Å². The van der Waals surface area contributed by atoms with E-state index in [1.807, 2.05) is 35.9 Å². The van der Waals surface area contributed by atoms with Gasteiger partial charge in [-0.3, -0.25) is 0 Å². The van der Waals surface area contributed by atoms with E-state index in [0.717, 1.165) is 16.6 Å². The smallest absolute Gasteiger partial charge is 0.339 e. The van der Waals surface area contributed by atoms with E-state index in [4.69, 9.17) is 10.5 Å². The van der Waals surface area contributed by atoms with Crippen LogP contribution >= 0.6 is 0 Å². The van der Waals surface area contributed by atoms with Crippen molar-refractivity contribution in [1.29, 1.82) is 0 Å². The van der Waals surface area contributed by atoms with Crippen LogP contribution in [0.3, 0.4) is 0 Å². The highest BCUT2D eigenvalue weighted by atomic mass is 16.5. The summed E-state index contributed by atoms with van der Waals surface area (Å²) in [6.45, 7) is 6.84. The predicted octanol–water partition coefficient (Wildman–Crippen LogP) is 2.70. The molecular weight excluding hydrogens is 240 g/mol. The third-order valence-electron chi connectivity index (χ3n) is 3.18. The minimum Gasteiger partial charge on any atom is -0.462 e. The zero-order valence-electron chi connectivity index (χ0n) is 11.6. The maximum atomic E-state index is 12.0. The van der Waals surface area contributed by atoms with Crippen LogP contribution in [0.1, 0.15) is 48.2 Å². The average Bonchev–Trinajstić information content (AvgIpc) is 2.77. The molecule has 0 aliphatic carbocycles. The Balaban J connectivity index is 2.62. The van der Waals surface area contributed by atoms with E-state index >= 15 is 0 Å². The Morgan fingerprint density at radius 3 is 2.68 bits per heavy atom. The molecule has 0 atom stereocenters. The van der Waals surface area contributed by atoms with Crippen LogP contribution in [0.5, 0.6) is 0 Å². The van der Waals surface area contributed by atoms with Crippen molar-refractivity contribution in [2.75, 3.05) is 6.61 Å². The summed E-state index contributed by atoms with van der Waals surface area (Å²) < 4.78 is 7.09. The van der Waals surface area contributed by atoms with Gasteiger partial charge < -0.3 is 14.9 Å². The molecule has 0 bridgehead atoms. The van der Waals surface area contributed by atoms with Gasteiger partial charge in [-0.25, -0.2) is 4.79 Å². The quantitative estimate of drug-likeness (QED) is 0.860. The SMILES string of the molecule is CCOC(=O)c1cn2cc(CN)ccc2c1C(C)C. The molecule has 2 heterocycles. The van der Waals surface area contributed by atoms with Crippen LogP contribution in [0.15, 0.2) is 24.5 Å². The topological polar surface area (TPSA) is 56.7 Å². The highest BCUT2D eigenvalue weighted by Gasteiger charge is 2.20. The summed E-state index contributed by atoms with van der Waals surface area (Å²) in [7, 11) is 0. The largest absolute Gasteiger partial charge is 0.462 e. The van der Waals surface area contributed by atoms with E-state index < -0.39 is 0 Å². The highest BCUT2D eigenvalue weighted by Crippen LogP contribution is 2.27. The number of nitrogens with two attached hydrogens (primary N) is 1. The van der Waals surface area contributed by atoms with Crippen LogP contribution in [0.2, 0.25) is 0 Å². The third kappa shape index (κ3) is 2.49. The van der Waals surface area contributed by atoms with E-state index in [1.165, 1.54) is 0 Å². The molecular formula is C15H20N2O2. The zero-order valence-corrected chi connectivity index (χ0v) is 11.6. The number of rotatable bonds is 4. The lowest BCUT2D eigenvalue weighted by Crippen LogP contribution is -2.06. The van der Waals surface area contributed by atoms with Gasteiger partial charge in [0.15, 0.2) is 0 Å². The van der Waals surface area contributed by atoms with Crippen LogP contribution in [0.25, 0.3) is 5.52 Å². The number of ether oxygens (including phenoxy) is 1. The fourth-order valence-electron chi connectivity index (χ4n) is 2.34. The Morgan fingerprint density at radius 2 is 2.11 bits per heavy atom. The number of pyridine rings is 1. The molecule has 0 radical (unpaired) electrons. The standard InChI is InChI=1S/C15H20N2O2/c1-4-19-15(18)12-9-17-8-11(7-16)5-6-13(17)14(12)10(2)3/h5-6,8-10H,4,7,16H2,1-3H3. The van der Waals surface area contributed by atoms with Gasteiger partial charge in [0.05, 0.1) is 12.2 Å². The molecule has 4 heteroatoms. The van der Waals surface area contributed by atoms with Crippen LogP contribution in [0.4, 0.5) is 0 Å². The lowest BCUT2D eigenvalue weighted by atomic mass is 10.00. The molecule has 0 saturated carbocycles. The second kappa shape index (κ2) is 5.45. The molecule has 0 unspecified atom stereocenters. The molecule has 0 aliphatic rings. The molecule has 102 valence electrons. The predicted molar refractivity (Wildman–Crippen MR) is 75.3 cm³/mol. The van der Waals surface area contributed by atoms with Crippen molar-refractivity contribution >= 4 is 11.5 Å². The second-order valence-electron chi connectivity index (χ2n) is 4.87. The number of aromatic nitrogens is 1. The Bertz CT molecular complexity index is 599. The van der Waals surface area contributed by atoms with Crippen molar-refractivity contribution in [3.8, 4) is 0 Å². The lowest BCUT2D eigenvalue weighted by molar-refractivity contribution is 0.0525. The van der Waals surface area contributed by atoms with Crippen LogP contribution in [-0.4, -0.2) is 17.0 Å². The second-order valence-corrected chi connectivity index (χ2v) is 4.87. The molecule has 2 aromatic heterocycles. The zero-order chi connectivity index (χ0) is 14.0. The van der Waals surface area contributed by atoms with Crippen LogP contribution in [0, 0.1) is 0 Å². The van der Waals surface area contributed by atoms with Crippen molar-refractivity contribution in [1.82, 2.24) is 4.40 Å². The van der Waals surface area contributed by atoms with Gasteiger partial charge in [-0.2, -0.15) is 0 Å². The highest BCUT2D eigenvalue weighted by molar-refractivity contribution is 5.94. The van der Waals surface area contributed by atoms with Crippen molar-refractivity contribution < 1.29 is 9.53 Å². The number of fused-ring (bicyclic) bond motifs is 1. The molecule has 2 rings (SSSR count). The first-order valence-electron chi connectivity index (χ1n) is 6.59. The molecule has 19 heavy (non-hydrogen) atoms. The van der Waals surface area contributed by atoms with Crippen molar-refractivity contribution in [3.05, 3.63) is 41.2 Å². The fraction of sp³-hybridized carbons (Fsp3) is 0.400. The first-order chi connectivity index (χ1) is 9.08. The summed E-state index contributed by atoms with van der Waals surface area (Å²) in [5.41, 5.74) is 9.39. The number of hydrogen-bond acceptors (Lipinski definition) is 3. The maximum Gasteiger partial charge on any atom is 0.339 e. The summed E-state index contributed by atoms with van der Waals surface area (Å²) >= 11 is 0. The maximum absolute atomic E-state index is 12.0. The van der Waals surface area contributed by atoms with Gasteiger partial charge in [0.1, 0.15) is 0 Å². The minimum absolute atomic E-state index is 0.258. The first kappa shape index (κ1) is 13.6. The summed E-state index contributed by atoms with van der Waals surface area (Å²) in [4.78, 5) is 12.0. The number of carbonyl (C=O) groups is 1. The van der Waals surface area contributed by atoms with Gasteiger partial charge >= 0.3 is 5.97 Å². The summed E-state index contributed by atoms with van der Waals surface area (Å²) in [5.74, 6) is -0.00247. The van der Waals surface area contributed by atoms with Gasteiger partial charge in [-0.1, -0.05) is 19.9 Å². The molecule has 2 N–H and O–H groups in total. The summed E-state index contributed by atoms with van der Waals surface area (Å²) in [5, 5.41) is 0. The molecule has 0 spiro atoms. The molecule has 4 nitrogen and oxygen atoms in total. The molecule has 2 aromatic rings. The molecule has 0 saturated heterocycles. The van der Waals surface area contributed by atoms with Gasteiger partial charge in [0, 0.05) is 24.5 Å². The number of esters is 1. The van der Waals surface area contributed by atoms with Crippen molar-refractivity contribution in [2.24, 2.45) is 5.73 Å². The van der Waals surface area contributed by atoms with Gasteiger partial charge in [0.25, 0.3) is 0 Å². The Kier molecular flexibility index (Phi) is 3.90. The summed E-state index contributed by atoms with van der Waals surface area (Å²) in [6.07, 6.45) is 3.80. The van der Waals surface area contributed by atoms with Crippen LogP contribution < -0.4 is 5.73 Å². The molecule has 0 amide bonds. The summed E-state index contributed by atoms with van der Waals surface area (Å²) in [6, 6.07) is 4.01. The normalized spacial score (nSPS) is 11.2. The number of nitrogens with zero attached hydrogens (tertiary/aromatic N) is 1. The van der Waals surface area contributed by atoms with Gasteiger partial charge in [0.2, 0.25) is 0 Å². The lowest BCUT2D eigenvalue weighted by Gasteiger charge is -2.08. The van der Waals surface area contributed by atoms with Crippen LogP contribution in [-0.2, 0) is 11.3 Å².